The molecule has 1 saturated heterocycles. The van der Waals surface area contributed by atoms with E-state index in [2.05, 4.69) is 9.78 Å². The van der Waals surface area contributed by atoms with Crippen LogP contribution in [-0.2, 0) is 19.4 Å². The summed E-state index contributed by atoms with van der Waals surface area (Å²) in [7, 11) is 0. The van der Waals surface area contributed by atoms with E-state index in [0.29, 0.717) is 0 Å². The fraction of sp³-hybridized carbons (Fsp3) is 0.125. The van der Waals surface area contributed by atoms with Crippen molar-refractivity contribution in [1.29, 1.82) is 0 Å². The van der Waals surface area contributed by atoms with Gasteiger partial charge >= 0.3 is 11.9 Å². The second-order valence-electron chi connectivity index (χ2n) is 4.58. The monoisotopic (exact) mass is 268 g/mol. The lowest BCUT2D eigenvalue weighted by Crippen LogP contribution is -2.35. The van der Waals surface area contributed by atoms with Gasteiger partial charge in [-0.25, -0.2) is 19.4 Å². The Labute approximate surface area is 115 Å². The molecule has 4 nitrogen and oxygen atoms in total. The Morgan fingerprint density at radius 1 is 0.600 bits per heavy atom. The maximum atomic E-state index is 12.0. The molecule has 0 bridgehead atoms. The Hall–Kier alpha value is -2.62. The summed E-state index contributed by atoms with van der Waals surface area (Å²) in [6.45, 7) is 0. The molecule has 20 heavy (non-hydrogen) atoms. The molecule has 0 radical (unpaired) electrons. The van der Waals surface area contributed by atoms with Gasteiger partial charge in [0.2, 0.25) is 0 Å². The van der Waals surface area contributed by atoms with Crippen LogP contribution in [0.4, 0.5) is 0 Å². The van der Waals surface area contributed by atoms with Crippen LogP contribution in [0.25, 0.3) is 0 Å². The van der Waals surface area contributed by atoms with Crippen LogP contribution in [0.15, 0.2) is 60.7 Å². The maximum absolute atomic E-state index is 12.0. The van der Waals surface area contributed by atoms with Crippen molar-refractivity contribution >= 4 is 11.9 Å². The van der Waals surface area contributed by atoms with Crippen molar-refractivity contribution in [3.63, 3.8) is 0 Å². The van der Waals surface area contributed by atoms with Gasteiger partial charge in [-0.3, -0.25) is 0 Å². The first kappa shape index (κ1) is 12.4. The molecule has 2 aromatic carbocycles. The third-order valence-corrected chi connectivity index (χ3v) is 3.36. The molecule has 100 valence electrons. The number of rotatable bonds is 2. The largest absolute Gasteiger partial charge is 0.364 e. The van der Waals surface area contributed by atoms with E-state index in [1.807, 2.05) is 36.4 Å². The molecule has 2 aromatic rings. The van der Waals surface area contributed by atoms with E-state index in [4.69, 9.17) is 0 Å². The van der Waals surface area contributed by atoms with E-state index < -0.39 is 23.8 Å². The molecule has 1 aliphatic heterocycles. The molecule has 0 amide bonds. The lowest BCUT2D eigenvalue weighted by Gasteiger charge is -2.27. The fourth-order valence-electron chi connectivity index (χ4n) is 2.44. The molecule has 1 heterocycles. The van der Waals surface area contributed by atoms with Crippen molar-refractivity contribution in [2.75, 3.05) is 0 Å². The highest BCUT2D eigenvalue weighted by atomic mass is 17.2. The Morgan fingerprint density at radius 2 is 0.950 bits per heavy atom. The van der Waals surface area contributed by atoms with Crippen LogP contribution in [0.5, 0.6) is 0 Å². The van der Waals surface area contributed by atoms with Crippen LogP contribution < -0.4 is 0 Å². The molecule has 3 rings (SSSR count). The van der Waals surface area contributed by atoms with Crippen molar-refractivity contribution in [3.05, 3.63) is 71.8 Å². The van der Waals surface area contributed by atoms with Gasteiger partial charge < -0.3 is 0 Å². The molecule has 1 fully saturated rings. The first-order chi connectivity index (χ1) is 9.77. The van der Waals surface area contributed by atoms with Crippen LogP contribution in [0, 0.1) is 0 Å². The second-order valence-corrected chi connectivity index (χ2v) is 4.58. The van der Waals surface area contributed by atoms with Gasteiger partial charge in [-0.1, -0.05) is 60.7 Å². The van der Waals surface area contributed by atoms with Gasteiger partial charge in [0.15, 0.2) is 0 Å². The molecule has 0 saturated carbocycles. The maximum Gasteiger partial charge on any atom is 0.364 e. The molecule has 0 spiro atoms. The van der Waals surface area contributed by atoms with Crippen LogP contribution in [0.1, 0.15) is 23.0 Å². The first-order valence-corrected chi connectivity index (χ1v) is 6.29. The molecule has 0 N–H and O–H groups in total. The van der Waals surface area contributed by atoms with Gasteiger partial charge in [-0.15, -0.1) is 0 Å². The number of benzene rings is 2. The van der Waals surface area contributed by atoms with E-state index in [-0.39, 0.29) is 0 Å². The third kappa shape index (κ3) is 2.16. The van der Waals surface area contributed by atoms with Crippen molar-refractivity contribution in [1.82, 2.24) is 0 Å². The SMILES string of the molecule is O=C1OOC(=O)C(c2ccccc2)C1c1ccccc1. The summed E-state index contributed by atoms with van der Waals surface area (Å²) in [5.74, 6) is -2.46. The zero-order chi connectivity index (χ0) is 13.9. The van der Waals surface area contributed by atoms with Gasteiger partial charge in [0.25, 0.3) is 0 Å². The standard InChI is InChI=1S/C16H12O4/c17-15-13(11-7-3-1-4-8-11)14(16(18)20-19-15)12-9-5-2-6-10-12/h1-10,13-14H. The van der Waals surface area contributed by atoms with Gasteiger partial charge in [0, 0.05) is 0 Å². The zero-order valence-electron chi connectivity index (χ0n) is 10.6. The quantitative estimate of drug-likeness (QED) is 0.785. The third-order valence-electron chi connectivity index (χ3n) is 3.36. The van der Waals surface area contributed by atoms with Crippen molar-refractivity contribution in [2.24, 2.45) is 0 Å². The summed E-state index contributed by atoms with van der Waals surface area (Å²) in [4.78, 5) is 33.1. The van der Waals surface area contributed by atoms with Gasteiger partial charge in [-0.2, -0.15) is 0 Å². The minimum absolute atomic E-state index is 0.551. The highest BCUT2D eigenvalue weighted by Crippen LogP contribution is 2.38. The predicted molar refractivity (Wildman–Crippen MR) is 70.6 cm³/mol. The van der Waals surface area contributed by atoms with Crippen molar-refractivity contribution in [2.45, 2.75) is 11.8 Å². The number of carbonyl (C=O) groups excluding carboxylic acids is 2. The van der Waals surface area contributed by atoms with Crippen molar-refractivity contribution < 1.29 is 19.4 Å². The van der Waals surface area contributed by atoms with Crippen LogP contribution in [0.2, 0.25) is 0 Å². The summed E-state index contributed by atoms with van der Waals surface area (Å²) in [6.07, 6.45) is 0. The Balaban J connectivity index is 2.07. The Kier molecular flexibility index (Phi) is 3.21. The van der Waals surface area contributed by atoms with E-state index in [1.165, 1.54) is 0 Å². The lowest BCUT2D eigenvalue weighted by molar-refractivity contribution is -0.272. The van der Waals surface area contributed by atoms with Gasteiger partial charge in [0.05, 0.1) is 0 Å². The summed E-state index contributed by atoms with van der Waals surface area (Å²) < 4.78 is 0. The summed E-state index contributed by atoms with van der Waals surface area (Å²) in [6, 6.07) is 18.2. The molecule has 2 unspecified atom stereocenters. The molecule has 1 aliphatic rings. The van der Waals surface area contributed by atoms with E-state index >= 15 is 0 Å². The fourth-order valence-corrected chi connectivity index (χ4v) is 2.44. The molecular formula is C16H12O4. The van der Waals surface area contributed by atoms with Gasteiger partial charge in [-0.05, 0) is 11.1 Å². The summed E-state index contributed by atoms with van der Waals surface area (Å²) in [5.41, 5.74) is 1.48. The number of hydrogen-bond donors (Lipinski definition) is 0. The smallest absolute Gasteiger partial charge is 0.247 e. The normalized spacial score (nSPS) is 22.0. The zero-order valence-corrected chi connectivity index (χ0v) is 10.6. The number of carbonyl (C=O) groups is 2. The highest BCUT2D eigenvalue weighted by molar-refractivity contribution is 5.92. The predicted octanol–water partition coefficient (Wildman–Crippen LogP) is 2.57. The molecule has 2 atom stereocenters. The van der Waals surface area contributed by atoms with E-state index in [9.17, 15) is 9.59 Å². The Bertz CT molecular complexity index is 564. The molecule has 0 aromatic heterocycles. The average Bonchev–Trinajstić information content (AvgIpc) is 2.51. The van der Waals surface area contributed by atoms with Crippen LogP contribution in [-0.4, -0.2) is 11.9 Å². The first-order valence-electron chi connectivity index (χ1n) is 6.29. The highest BCUT2D eigenvalue weighted by Gasteiger charge is 2.44. The van der Waals surface area contributed by atoms with Crippen LogP contribution in [0.3, 0.4) is 0 Å². The Morgan fingerprint density at radius 3 is 1.30 bits per heavy atom. The van der Waals surface area contributed by atoms with Gasteiger partial charge in [0.1, 0.15) is 11.8 Å². The summed E-state index contributed by atoms with van der Waals surface area (Å²) in [5, 5.41) is 0. The minimum atomic E-state index is -0.681. The second kappa shape index (κ2) is 5.17. The average molecular weight is 268 g/mol. The summed E-state index contributed by atoms with van der Waals surface area (Å²) >= 11 is 0. The lowest BCUT2D eigenvalue weighted by atomic mass is 9.81. The van der Waals surface area contributed by atoms with E-state index in [1.54, 1.807) is 24.3 Å². The van der Waals surface area contributed by atoms with Crippen molar-refractivity contribution in [3.8, 4) is 0 Å². The minimum Gasteiger partial charge on any atom is -0.247 e. The molecule has 0 aliphatic carbocycles. The number of hydrogen-bond acceptors (Lipinski definition) is 4. The van der Waals surface area contributed by atoms with E-state index in [0.717, 1.165) is 11.1 Å². The topological polar surface area (TPSA) is 52.6 Å². The molecule has 4 heteroatoms. The molecular weight excluding hydrogens is 256 g/mol. The van der Waals surface area contributed by atoms with Crippen LogP contribution >= 0.6 is 0 Å².